The number of rotatable bonds is 3. The molecule has 6 heteroatoms. The number of hydrogen-bond donors (Lipinski definition) is 1. The van der Waals surface area contributed by atoms with E-state index in [1.165, 1.54) is 24.4 Å². The Hall–Kier alpha value is -2.40. The predicted octanol–water partition coefficient (Wildman–Crippen LogP) is 4.06. The average Bonchev–Trinajstić information content (AvgIpc) is 2.44. The van der Waals surface area contributed by atoms with Gasteiger partial charge in [0.2, 0.25) is 0 Å². The molecule has 2 aromatic rings. The summed E-state index contributed by atoms with van der Waals surface area (Å²) in [5.41, 5.74) is 1.11. The number of amides is 1. The van der Waals surface area contributed by atoms with Gasteiger partial charge in [-0.1, -0.05) is 41.0 Å². The molecule has 0 aliphatic rings. The molecule has 0 bridgehead atoms. The molecular weight excluding hydrogens is 283 g/mol. The third kappa shape index (κ3) is 4.07. The quantitative estimate of drug-likeness (QED) is 0.527. The normalized spacial score (nSPS) is 10.5. The van der Waals surface area contributed by atoms with E-state index in [0.717, 1.165) is 0 Å². The van der Waals surface area contributed by atoms with Crippen LogP contribution in [0.5, 0.6) is 0 Å². The summed E-state index contributed by atoms with van der Waals surface area (Å²) in [4.78, 5) is 16.0. The molecule has 0 radical (unpaired) electrons. The average molecular weight is 293 g/mol. The molecule has 0 saturated carbocycles. The van der Waals surface area contributed by atoms with Crippen LogP contribution >= 0.6 is 11.6 Å². The van der Waals surface area contributed by atoms with Gasteiger partial charge in [-0.2, -0.15) is 0 Å². The van der Waals surface area contributed by atoms with Gasteiger partial charge in [-0.15, -0.1) is 0 Å². The summed E-state index contributed by atoms with van der Waals surface area (Å²) in [6.07, 6.45) is 0.538. The van der Waals surface area contributed by atoms with Crippen LogP contribution in [0.2, 0.25) is 5.02 Å². The van der Waals surface area contributed by atoms with E-state index in [9.17, 15) is 9.18 Å². The van der Waals surface area contributed by atoms with Crippen molar-refractivity contribution in [3.63, 3.8) is 0 Å². The number of anilines is 1. The Kier molecular flexibility index (Phi) is 4.68. The molecular formula is C14H10ClFN2O2. The van der Waals surface area contributed by atoms with E-state index in [2.05, 4.69) is 15.3 Å². The fourth-order valence-corrected chi connectivity index (χ4v) is 1.58. The molecule has 0 unspecified atom stereocenters. The summed E-state index contributed by atoms with van der Waals surface area (Å²) in [6.45, 7) is 0. The fourth-order valence-electron chi connectivity index (χ4n) is 1.39. The maximum Gasteiger partial charge on any atom is 0.437 e. The van der Waals surface area contributed by atoms with Crippen molar-refractivity contribution in [1.82, 2.24) is 0 Å². The van der Waals surface area contributed by atoms with Crippen molar-refractivity contribution >= 4 is 29.6 Å². The van der Waals surface area contributed by atoms with Gasteiger partial charge in [-0.05, 0) is 29.8 Å². The molecule has 0 aromatic heterocycles. The van der Waals surface area contributed by atoms with Crippen LogP contribution in [0.4, 0.5) is 14.9 Å². The first-order valence-corrected chi connectivity index (χ1v) is 6.04. The Morgan fingerprint density at radius 3 is 2.70 bits per heavy atom. The molecule has 0 aliphatic carbocycles. The molecule has 2 aromatic carbocycles. The third-order valence-electron chi connectivity index (χ3n) is 2.30. The summed E-state index contributed by atoms with van der Waals surface area (Å²) in [6, 6.07) is 12.8. The Bertz CT molecular complexity index is 632. The highest BCUT2D eigenvalue weighted by Crippen LogP contribution is 2.14. The number of oxime groups is 1. The van der Waals surface area contributed by atoms with Gasteiger partial charge < -0.3 is 0 Å². The molecule has 0 atom stereocenters. The number of para-hydroxylation sites is 1. The molecule has 20 heavy (non-hydrogen) atoms. The zero-order chi connectivity index (χ0) is 14.4. The minimum Gasteiger partial charge on any atom is -0.298 e. The fraction of sp³-hybridized carbons (Fsp3) is 0. The second-order valence-corrected chi connectivity index (χ2v) is 4.19. The van der Waals surface area contributed by atoms with Gasteiger partial charge in [0.25, 0.3) is 0 Å². The number of hydrogen-bond acceptors (Lipinski definition) is 3. The molecule has 1 N–H and O–H groups in total. The highest BCUT2D eigenvalue weighted by atomic mass is 35.5. The maximum atomic E-state index is 12.9. The van der Waals surface area contributed by atoms with Crippen LogP contribution in [0, 0.1) is 5.82 Å². The van der Waals surface area contributed by atoms with Gasteiger partial charge in [0.05, 0.1) is 11.2 Å². The van der Waals surface area contributed by atoms with E-state index in [-0.39, 0.29) is 5.02 Å². The molecule has 0 fully saturated rings. The van der Waals surface area contributed by atoms with Crippen molar-refractivity contribution in [3.8, 4) is 0 Å². The van der Waals surface area contributed by atoms with E-state index in [1.54, 1.807) is 24.3 Å². The lowest BCUT2D eigenvalue weighted by Gasteiger charge is -2.01. The number of nitrogens with one attached hydrogen (secondary N) is 1. The second kappa shape index (κ2) is 6.68. The van der Waals surface area contributed by atoms with Crippen LogP contribution in [0.1, 0.15) is 5.56 Å². The van der Waals surface area contributed by atoms with Gasteiger partial charge >= 0.3 is 6.09 Å². The van der Waals surface area contributed by atoms with E-state index in [0.29, 0.717) is 11.3 Å². The Morgan fingerprint density at radius 2 is 2.00 bits per heavy atom. The van der Waals surface area contributed by atoms with Crippen LogP contribution in [0.15, 0.2) is 53.7 Å². The highest BCUT2D eigenvalue weighted by molar-refractivity contribution is 6.31. The molecule has 102 valence electrons. The van der Waals surface area contributed by atoms with Gasteiger partial charge in [-0.3, -0.25) is 10.2 Å². The van der Waals surface area contributed by atoms with Crippen LogP contribution < -0.4 is 5.32 Å². The molecule has 0 spiro atoms. The summed E-state index contributed by atoms with van der Waals surface area (Å²) < 4.78 is 12.9. The summed E-state index contributed by atoms with van der Waals surface area (Å²) in [5, 5.41) is 5.95. The third-order valence-corrected chi connectivity index (χ3v) is 2.59. The Morgan fingerprint density at radius 1 is 1.25 bits per heavy atom. The van der Waals surface area contributed by atoms with Gasteiger partial charge in [0, 0.05) is 5.69 Å². The van der Waals surface area contributed by atoms with Crippen molar-refractivity contribution in [2.45, 2.75) is 0 Å². The van der Waals surface area contributed by atoms with E-state index < -0.39 is 11.9 Å². The molecule has 0 saturated heterocycles. The zero-order valence-corrected chi connectivity index (χ0v) is 11.0. The lowest BCUT2D eigenvalue weighted by molar-refractivity contribution is 0.167. The van der Waals surface area contributed by atoms with E-state index in [1.807, 2.05) is 6.07 Å². The van der Waals surface area contributed by atoms with Crippen LogP contribution in [0.3, 0.4) is 0 Å². The molecule has 4 nitrogen and oxygen atoms in total. The van der Waals surface area contributed by atoms with E-state index in [4.69, 9.17) is 11.6 Å². The van der Waals surface area contributed by atoms with Crippen molar-refractivity contribution in [2.75, 3.05) is 5.32 Å². The first-order valence-electron chi connectivity index (χ1n) is 5.66. The van der Waals surface area contributed by atoms with Crippen LogP contribution in [-0.2, 0) is 4.84 Å². The minimum atomic E-state index is -0.722. The summed E-state index contributed by atoms with van der Waals surface area (Å²) in [5.74, 6) is -0.522. The topological polar surface area (TPSA) is 50.7 Å². The van der Waals surface area contributed by atoms with Crippen LogP contribution in [-0.4, -0.2) is 12.3 Å². The number of nitrogens with zero attached hydrogens (tertiary/aromatic N) is 1. The van der Waals surface area contributed by atoms with Crippen molar-refractivity contribution in [2.24, 2.45) is 5.16 Å². The standard InChI is InChI=1S/C14H10ClFN2O2/c15-12-8-10(6-7-13(12)16)9-17-20-14(19)18-11-4-2-1-3-5-11/h1-9H,(H,18,19)/b17-9-. The zero-order valence-electron chi connectivity index (χ0n) is 10.2. The minimum absolute atomic E-state index is 0.0253. The first kappa shape index (κ1) is 14.0. The Labute approximate surface area is 119 Å². The lowest BCUT2D eigenvalue weighted by atomic mass is 10.2. The monoisotopic (exact) mass is 292 g/mol. The largest absolute Gasteiger partial charge is 0.437 e. The van der Waals surface area contributed by atoms with Gasteiger partial charge in [0.1, 0.15) is 5.82 Å². The smallest absolute Gasteiger partial charge is 0.298 e. The maximum absolute atomic E-state index is 12.9. The van der Waals surface area contributed by atoms with Crippen molar-refractivity contribution < 1.29 is 14.0 Å². The molecule has 0 heterocycles. The second-order valence-electron chi connectivity index (χ2n) is 3.78. The number of carbonyl (C=O) groups is 1. The molecule has 1 amide bonds. The summed E-state index contributed by atoms with van der Waals surface area (Å²) >= 11 is 5.61. The molecule has 2 rings (SSSR count). The Balaban J connectivity index is 1.89. The highest BCUT2D eigenvalue weighted by Gasteiger charge is 2.02. The van der Waals surface area contributed by atoms with Gasteiger partial charge in [0.15, 0.2) is 0 Å². The predicted molar refractivity (Wildman–Crippen MR) is 75.5 cm³/mol. The number of benzene rings is 2. The number of carbonyl (C=O) groups excluding carboxylic acids is 1. The summed E-state index contributed by atoms with van der Waals surface area (Å²) in [7, 11) is 0. The number of halogens is 2. The van der Waals surface area contributed by atoms with E-state index >= 15 is 0 Å². The SMILES string of the molecule is O=C(Nc1ccccc1)O/N=C\c1ccc(F)c(Cl)c1. The van der Waals surface area contributed by atoms with Crippen LogP contribution in [0.25, 0.3) is 0 Å². The van der Waals surface area contributed by atoms with Gasteiger partial charge in [-0.25, -0.2) is 9.18 Å². The lowest BCUT2D eigenvalue weighted by Crippen LogP contribution is -2.10. The van der Waals surface area contributed by atoms with Crippen molar-refractivity contribution in [1.29, 1.82) is 0 Å². The first-order chi connectivity index (χ1) is 9.65. The van der Waals surface area contributed by atoms with Crippen molar-refractivity contribution in [3.05, 3.63) is 64.9 Å². The molecule has 0 aliphatic heterocycles.